The van der Waals surface area contributed by atoms with Gasteiger partial charge in [0.1, 0.15) is 5.69 Å². The Hall–Kier alpha value is -2.14. The van der Waals surface area contributed by atoms with Gasteiger partial charge in [0.25, 0.3) is 5.91 Å². The summed E-state index contributed by atoms with van der Waals surface area (Å²) in [6.07, 6.45) is 3.52. The summed E-state index contributed by atoms with van der Waals surface area (Å²) >= 11 is 0. The Kier molecular flexibility index (Phi) is 4.85. The van der Waals surface area contributed by atoms with E-state index in [9.17, 15) is 4.79 Å². The van der Waals surface area contributed by atoms with Crippen LogP contribution in [0.1, 0.15) is 29.8 Å². The van der Waals surface area contributed by atoms with Crippen LogP contribution in [0.5, 0.6) is 0 Å². The molecule has 3 rings (SSSR count). The number of carbonyl (C=O) groups is 1. The third-order valence-electron chi connectivity index (χ3n) is 4.13. The molecule has 1 amide bonds. The fourth-order valence-electron chi connectivity index (χ4n) is 2.85. The second-order valence-electron chi connectivity index (χ2n) is 5.79. The molecule has 1 aromatic carbocycles. The standard InChI is InChI=1S/C17H22N4O/c22-17(19-10-8-13-5-4-9-18-12-13)16-11-15(20-21-16)14-6-2-1-3-7-14/h1-3,6-7,11,13,18H,4-5,8-10,12H2,(H,19,22)(H,20,21). The molecule has 116 valence electrons. The highest BCUT2D eigenvalue weighted by Gasteiger charge is 2.14. The predicted octanol–water partition coefficient (Wildman–Crippen LogP) is 2.20. The average molecular weight is 298 g/mol. The van der Waals surface area contributed by atoms with Crippen molar-refractivity contribution in [1.82, 2.24) is 20.8 Å². The molecular weight excluding hydrogens is 276 g/mol. The molecule has 0 saturated carbocycles. The van der Waals surface area contributed by atoms with Gasteiger partial charge in [0.2, 0.25) is 0 Å². The van der Waals surface area contributed by atoms with Gasteiger partial charge in [-0.15, -0.1) is 0 Å². The highest BCUT2D eigenvalue weighted by molar-refractivity contribution is 5.93. The minimum Gasteiger partial charge on any atom is -0.351 e. The summed E-state index contributed by atoms with van der Waals surface area (Å²) in [6, 6.07) is 11.6. The van der Waals surface area contributed by atoms with Gasteiger partial charge in [0.15, 0.2) is 0 Å². The zero-order valence-electron chi connectivity index (χ0n) is 12.6. The van der Waals surface area contributed by atoms with E-state index >= 15 is 0 Å². The van der Waals surface area contributed by atoms with Crippen LogP contribution in [-0.4, -0.2) is 35.7 Å². The van der Waals surface area contributed by atoms with E-state index < -0.39 is 0 Å². The predicted molar refractivity (Wildman–Crippen MR) is 86.6 cm³/mol. The molecule has 0 radical (unpaired) electrons. The molecule has 5 nitrogen and oxygen atoms in total. The molecule has 22 heavy (non-hydrogen) atoms. The summed E-state index contributed by atoms with van der Waals surface area (Å²) < 4.78 is 0. The lowest BCUT2D eigenvalue weighted by atomic mass is 9.96. The van der Waals surface area contributed by atoms with Gasteiger partial charge in [-0.25, -0.2) is 0 Å². The van der Waals surface area contributed by atoms with E-state index in [1.807, 2.05) is 30.3 Å². The van der Waals surface area contributed by atoms with E-state index in [1.165, 1.54) is 12.8 Å². The smallest absolute Gasteiger partial charge is 0.269 e. The SMILES string of the molecule is O=C(NCCC1CCCNC1)c1cc(-c2ccccc2)n[nH]1. The van der Waals surface area contributed by atoms with E-state index in [0.717, 1.165) is 30.8 Å². The molecule has 0 aliphatic carbocycles. The first-order valence-electron chi connectivity index (χ1n) is 7.92. The van der Waals surface area contributed by atoms with Crippen molar-refractivity contribution in [2.45, 2.75) is 19.3 Å². The zero-order chi connectivity index (χ0) is 15.2. The maximum atomic E-state index is 12.1. The van der Waals surface area contributed by atoms with Crippen molar-refractivity contribution in [2.75, 3.05) is 19.6 Å². The normalized spacial score (nSPS) is 18.1. The number of aromatic amines is 1. The molecule has 1 aromatic heterocycles. The van der Waals surface area contributed by atoms with Crippen molar-refractivity contribution in [3.8, 4) is 11.3 Å². The number of amides is 1. The Morgan fingerprint density at radius 2 is 2.18 bits per heavy atom. The lowest BCUT2D eigenvalue weighted by molar-refractivity contribution is 0.0945. The lowest BCUT2D eigenvalue weighted by Gasteiger charge is -2.22. The molecule has 5 heteroatoms. The average Bonchev–Trinajstić information content (AvgIpc) is 3.07. The van der Waals surface area contributed by atoms with Crippen LogP contribution in [-0.2, 0) is 0 Å². The lowest BCUT2D eigenvalue weighted by Crippen LogP contribution is -2.33. The number of nitrogens with zero attached hydrogens (tertiary/aromatic N) is 1. The van der Waals surface area contributed by atoms with Gasteiger partial charge < -0.3 is 10.6 Å². The van der Waals surface area contributed by atoms with Crippen LogP contribution in [0.2, 0.25) is 0 Å². The highest BCUT2D eigenvalue weighted by Crippen LogP contribution is 2.17. The van der Waals surface area contributed by atoms with Crippen LogP contribution in [0.3, 0.4) is 0 Å². The van der Waals surface area contributed by atoms with E-state index in [4.69, 9.17) is 0 Å². The second-order valence-corrected chi connectivity index (χ2v) is 5.79. The van der Waals surface area contributed by atoms with Crippen molar-refractivity contribution in [3.63, 3.8) is 0 Å². The number of hydrogen-bond acceptors (Lipinski definition) is 3. The van der Waals surface area contributed by atoms with Gasteiger partial charge in [-0.2, -0.15) is 5.10 Å². The fourth-order valence-corrected chi connectivity index (χ4v) is 2.85. The molecule has 2 aromatic rings. The van der Waals surface area contributed by atoms with Crippen LogP contribution in [0.25, 0.3) is 11.3 Å². The third kappa shape index (κ3) is 3.74. The number of aromatic nitrogens is 2. The monoisotopic (exact) mass is 298 g/mol. The van der Waals surface area contributed by atoms with Crippen LogP contribution >= 0.6 is 0 Å². The van der Waals surface area contributed by atoms with E-state index in [-0.39, 0.29) is 5.91 Å². The van der Waals surface area contributed by atoms with Gasteiger partial charge in [-0.05, 0) is 44.3 Å². The zero-order valence-corrected chi connectivity index (χ0v) is 12.6. The molecule has 2 heterocycles. The molecule has 3 N–H and O–H groups in total. The fraction of sp³-hybridized carbons (Fsp3) is 0.412. The molecule has 0 spiro atoms. The largest absolute Gasteiger partial charge is 0.351 e. The molecule has 1 fully saturated rings. The van der Waals surface area contributed by atoms with E-state index in [0.29, 0.717) is 18.2 Å². The molecule has 1 atom stereocenters. The van der Waals surface area contributed by atoms with Gasteiger partial charge in [0.05, 0.1) is 5.69 Å². The number of benzene rings is 1. The summed E-state index contributed by atoms with van der Waals surface area (Å²) in [5, 5.41) is 13.4. The van der Waals surface area contributed by atoms with Crippen molar-refractivity contribution in [1.29, 1.82) is 0 Å². The Bertz CT molecular complexity index is 602. The van der Waals surface area contributed by atoms with E-state index in [1.54, 1.807) is 6.07 Å². The summed E-state index contributed by atoms with van der Waals surface area (Å²) in [4.78, 5) is 12.1. The number of carbonyl (C=O) groups excluding carboxylic acids is 1. The topological polar surface area (TPSA) is 69.8 Å². The molecular formula is C17H22N4O. The minimum atomic E-state index is -0.0848. The molecule has 1 saturated heterocycles. The number of hydrogen-bond donors (Lipinski definition) is 3. The summed E-state index contributed by atoms with van der Waals surface area (Å²) in [7, 11) is 0. The van der Waals surface area contributed by atoms with Crippen molar-refractivity contribution in [2.24, 2.45) is 5.92 Å². The van der Waals surface area contributed by atoms with Gasteiger partial charge in [-0.1, -0.05) is 30.3 Å². The maximum Gasteiger partial charge on any atom is 0.269 e. The maximum absolute atomic E-state index is 12.1. The second kappa shape index (κ2) is 7.22. The number of nitrogens with one attached hydrogen (secondary N) is 3. The Morgan fingerprint density at radius 3 is 2.95 bits per heavy atom. The summed E-state index contributed by atoms with van der Waals surface area (Å²) in [6.45, 7) is 2.90. The number of rotatable bonds is 5. The summed E-state index contributed by atoms with van der Waals surface area (Å²) in [5.41, 5.74) is 2.31. The number of piperidine rings is 1. The molecule has 1 unspecified atom stereocenters. The summed E-state index contributed by atoms with van der Waals surface area (Å²) in [5.74, 6) is 0.592. The van der Waals surface area contributed by atoms with Crippen molar-refractivity contribution >= 4 is 5.91 Å². The quantitative estimate of drug-likeness (QED) is 0.792. The van der Waals surface area contributed by atoms with Gasteiger partial charge >= 0.3 is 0 Å². The van der Waals surface area contributed by atoms with Crippen LogP contribution in [0.15, 0.2) is 36.4 Å². The third-order valence-corrected chi connectivity index (χ3v) is 4.13. The number of H-pyrrole nitrogens is 1. The molecule has 1 aliphatic heterocycles. The minimum absolute atomic E-state index is 0.0848. The van der Waals surface area contributed by atoms with Crippen LogP contribution in [0.4, 0.5) is 0 Å². The highest BCUT2D eigenvalue weighted by atomic mass is 16.1. The Labute approximate surface area is 130 Å². The van der Waals surface area contributed by atoms with Crippen molar-refractivity contribution in [3.05, 3.63) is 42.1 Å². The van der Waals surface area contributed by atoms with Gasteiger partial charge in [-0.3, -0.25) is 9.89 Å². The Morgan fingerprint density at radius 1 is 1.32 bits per heavy atom. The molecule has 1 aliphatic rings. The van der Waals surface area contributed by atoms with Gasteiger partial charge in [0, 0.05) is 12.1 Å². The molecule has 0 bridgehead atoms. The Balaban J connectivity index is 1.51. The first-order valence-corrected chi connectivity index (χ1v) is 7.92. The van der Waals surface area contributed by atoms with Crippen LogP contribution < -0.4 is 10.6 Å². The van der Waals surface area contributed by atoms with Crippen LogP contribution in [0, 0.1) is 5.92 Å². The van der Waals surface area contributed by atoms with Crippen molar-refractivity contribution < 1.29 is 4.79 Å². The van der Waals surface area contributed by atoms with E-state index in [2.05, 4.69) is 20.8 Å². The first-order chi connectivity index (χ1) is 10.8. The first kappa shape index (κ1) is 14.8.